The molecule has 1 aliphatic rings. The Morgan fingerprint density at radius 1 is 1.45 bits per heavy atom. The monoisotopic (exact) mass is 280 g/mol. The Morgan fingerprint density at radius 2 is 2.30 bits per heavy atom. The average Bonchev–Trinajstić information content (AvgIpc) is 2.97. The molecular formula is C16H25FN2O. The van der Waals surface area contributed by atoms with Gasteiger partial charge in [-0.25, -0.2) is 4.39 Å². The van der Waals surface area contributed by atoms with Crippen LogP contribution in [0, 0.1) is 11.7 Å². The minimum atomic E-state index is -0.176. The summed E-state index contributed by atoms with van der Waals surface area (Å²) >= 11 is 0. The van der Waals surface area contributed by atoms with Crippen LogP contribution in [0.1, 0.15) is 20.3 Å². The Labute approximate surface area is 121 Å². The summed E-state index contributed by atoms with van der Waals surface area (Å²) < 4.78 is 18.9. The quantitative estimate of drug-likeness (QED) is 0.831. The Kier molecular flexibility index (Phi) is 5.80. The van der Waals surface area contributed by atoms with Crippen LogP contribution in [0.5, 0.6) is 0 Å². The van der Waals surface area contributed by atoms with Gasteiger partial charge < -0.3 is 15.0 Å². The van der Waals surface area contributed by atoms with Crippen LogP contribution >= 0.6 is 0 Å². The highest BCUT2D eigenvalue weighted by atomic mass is 19.1. The van der Waals surface area contributed by atoms with Gasteiger partial charge in [0.2, 0.25) is 0 Å². The van der Waals surface area contributed by atoms with Gasteiger partial charge in [0.1, 0.15) is 5.82 Å². The molecule has 1 aromatic rings. The van der Waals surface area contributed by atoms with E-state index in [9.17, 15) is 4.39 Å². The van der Waals surface area contributed by atoms with E-state index in [4.69, 9.17) is 4.74 Å². The molecule has 1 aromatic carbocycles. The smallest absolute Gasteiger partial charge is 0.125 e. The van der Waals surface area contributed by atoms with Crippen molar-refractivity contribution in [2.24, 2.45) is 5.92 Å². The second-order valence-electron chi connectivity index (χ2n) is 5.31. The van der Waals surface area contributed by atoms with Crippen molar-refractivity contribution in [3.8, 4) is 0 Å². The van der Waals surface area contributed by atoms with Crippen LogP contribution in [0.3, 0.4) is 0 Å². The standard InChI is InChI=1S/C16H25FN2O/c1-3-18-16(13-8-9-20-12-13)11-19(4-2)15-7-5-6-14(17)10-15/h5-7,10,13,16,18H,3-4,8-9,11-12H2,1-2H3. The van der Waals surface area contributed by atoms with Crippen molar-refractivity contribution in [1.29, 1.82) is 0 Å². The van der Waals surface area contributed by atoms with Gasteiger partial charge in [0.05, 0.1) is 6.61 Å². The topological polar surface area (TPSA) is 24.5 Å². The highest BCUT2D eigenvalue weighted by Crippen LogP contribution is 2.21. The number of anilines is 1. The van der Waals surface area contributed by atoms with Gasteiger partial charge >= 0.3 is 0 Å². The first-order valence-corrected chi connectivity index (χ1v) is 7.56. The molecule has 2 atom stereocenters. The molecule has 0 saturated carbocycles. The van der Waals surface area contributed by atoms with E-state index in [-0.39, 0.29) is 5.82 Å². The van der Waals surface area contributed by atoms with Crippen LogP contribution in [-0.4, -0.2) is 38.9 Å². The van der Waals surface area contributed by atoms with E-state index < -0.39 is 0 Å². The third kappa shape index (κ3) is 3.93. The predicted octanol–water partition coefficient (Wildman–Crippen LogP) is 2.67. The summed E-state index contributed by atoms with van der Waals surface area (Å²) in [5, 5.41) is 3.56. The lowest BCUT2D eigenvalue weighted by atomic mass is 9.98. The highest BCUT2D eigenvalue weighted by Gasteiger charge is 2.26. The average molecular weight is 280 g/mol. The van der Waals surface area contributed by atoms with Gasteiger partial charge in [-0.3, -0.25) is 0 Å². The fourth-order valence-electron chi connectivity index (χ4n) is 2.84. The van der Waals surface area contributed by atoms with E-state index in [0.29, 0.717) is 12.0 Å². The molecule has 3 nitrogen and oxygen atoms in total. The fourth-order valence-corrected chi connectivity index (χ4v) is 2.84. The minimum absolute atomic E-state index is 0.176. The molecule has 1 saturated heterocycles. The van der Waals surface area contributed by atoms with Crippen LogP contribution in [0.25, 0.3) is 0 Å². The SMILES string of the molecule is CCNC(CN(CC)c1cccc(F)c1)C1CCOC1. The van der Waals surface area contributed by atoms with Gasteiger partial charge in [0, 0.05) is 37.3 Å². The molecule has 4 heteroatoms. The number of hydrogen-bond donors (Lipinski definition) is 1. The molecule has 0 spiro atoms. The Hall–Kier alpha value is -1.13. The van der Waals surface area contributed by atoms with Crippen molar-refractivity contribution in [1.82, 2.24) is 5.32 Å². The van der Waals surface area contributed by atoms with Crippen LogP contribution in [0.2, 0.25) is 0 Å². The Morgan fingerprint density at radius 3 is 2.90 bits per heavy atom. The molecule has 2 rings (SSSR count). The number of rotatable bonds is 7. The maximum atomic E-state index is 13.4. The number of ether oxygens (including phenoxy) is 1. The van der Waals surface area contributed by atoms with E-state index >= 15 is 0 Å². The van der Waals surface area contributed by atoms with Gasteiger partial charge in [-0.1, -0.05) is 13.0 Å². The van der Waals surface area contributed by atoms with E-state index in [1.165, 1.54) is 6.07 Å². The maximum Gasteiger partial charge on any atom is 0.125 e. The molecule has 2 unspecified atom stereocenters. The molecule has 1 N–H and O–H groups in total. The molecule has 0 aliphatic carbocycles. The zero-order chi connectivity index (χ0) is 14.4. The van der Waals surface area contributed by atoms with Gasteiger partial charge in [-0.15, -0.1) is 0 Å². The summed E-state index contributed by atoms with van der Waals surface area (Å²) in [4.78, 5) is 2.23. The van der Waals surface area contributed by atoms with Crippen LogP contribution in [0.4, 0.5) is 10.1 Å². The molecule has 0 bridgehead atoms. The van der Waals surface area contributed by atoms with E-state index in [1.807, 2.05) is 6.07 Å². The van der Waals surface area contributed by atoms with Crippen molar-refractivity contribution in [3.05, 3.63) is 30.1 Å². The zero-order valence-corrected chi connectivity index (χ0v) is 12.4. The number of hydrogen-bond acceptors (Lipinski definition) is 3. The van der Waals surface area contributed by atoms with E-state index in [0.717, 1.165) is 45.0 Å². The summed E-state index contributed by atoms with van der Waals surface area (Å²) in [6.45, 7) is 8.64. The summed E-state index contributed by atoms with van der Waals surface area (Å²) in [6, 6.07) is 7.24. The summed E-state index contributed by atoms with van der Waals surface area (Å²) in [6.07, 6.45) is 1.11. The van der Waals surface area contributed by atoms with Crippen molar-refractivity contribution in [2.75, 3.05) is 37.7 Å². The number of likely N-dealkylation sites (N-methyl/N-ethyl adjacent to an activating group) is 2. The third-order valence-electron chi connectivity index (χ3n) is 3.97. The molecular weight excluding hydrogens is 255 g/mol. The van der Waals surface area contributed by atoms with E-state index in [2.05, 4.69) is 24.1 Å². The van der Waals surface area contributed by atoms with Crippen LogP contribution < -0.4 is 10.2 Å². The highest BCUT2D eigenvalue weighted by molar-refractivity contribution is 5.46. The number of halogens is 1. The zero-order valence-electron chi connectivity index (χ0n) is 12.4. The van der Waals surface area contributed by atoms with Crippen LogP contribution in [-0.2, 0) is 4.74 Å². The van der Waals surface area contributed by atoms with Gasteiger partial charge in [-0.2, -0.15) is 0 Å². The summed E-state index contributed by atoms with van der Waals surface area (Å²) in [7, 11) is 0. The molecule has 1 heterocycles. The lowest BCUT2D eigenvalue weighted by Crippen LogP contribution is -2.46. The van der Waals surface area contributed by atoms with Crippen molar-refractivity contribution >= 4 is 5.69 Å². The Balaban J connectivity index is 2.05. The van der Waals surface area contributed by atoms with Gasteiger partial charge in [0.25, 0.3) is 0 Å². The second-order valence-corrected chi connectivity index (χ2v) is 5.31. The molecule has 0 amide bonds. The normalized spacial score (nSPS) is 20.1. The van der Waals surface area contributed by atoms with Crippen molar-refractivity contribution in [2.45, 2.75) is 26.3 Å². The minimum Gasteiger partial charge on any atom is -0.381 e. The number of nitrogens with one attached hydrogen (secondary N) is 1. The lowest BCUT2D eigenvalue weighted by Gasteiger charge is -2.31. The van der Waals surface area contributed by atoms with Gasteiger partial charge in [0.15, 0.2) is 0 Å². The molecule has 1 aliphatic heterocycles. The number of nitrogens with zero attached hydrogens (tertiary/aromatic N) is 1. The molecule has 0 aromatic heterocycles. The first kappa shape index (κ1) is 15.3. The summed E-state index contributed by atoms with van der Waals surface area (Å²) in [5.41, 5.74) is 0.953. The lowest BCUT2D eigenvalue weighted by molar-refractivity contribution is 0.177. The summed E-state index contributed by atoms with van der Waals surface area (Å²) in [5.74, 6) is 0.378. The molecule has 1 fully saturated rings. The third-order valence-corrected chi connectivity index (χ3v) is 3.97. The van der Waals surface area contributed by atoms with Gasteiger partial charge in [-0.05, 0) is 38.1 Å². The second kappa shape index (κ2) is 7.60. The van der Waals surface area contributed by atoms with Crippen molar-refractivity contribution in [3.63, 3.8) is 0 Å². The maximum absolute atomic E-state index is 13.4. The molecule has 0 radical (unpaired) electrons. The predicted molar refractivity (Wildman–Crippen MR) is 80.7 cm³/mol. The molecule has 20 heavy (non-hydrogen) atoms. The molecule has 112 valence electrons. The number of benzene rings is 1. The van der Waals surface area contributed by atoms with Crippen LogP contribution in [0.15, 0.2) is 24.3 Å². The Bertz CT molecular complexity index is 407. The van der Waals surface area contributed by atoms with Crippen molar-refractivity contribution < 1.29 is 9.13 Å². The largest absolute Gasteiger partial charge is 0.381 e. The first-order chi connectivity index (χ1) is 9.74. The van der Waals surface area contributed by atoms with E-state index in [1.54, 1.807) is 12.1 Å². The first-order valence-electron chi connectivity index (χ1n) is 7.56. The fraction of sp³-hybridized carbons (Fsp3) is 0.625.